The van der Waals surface area contributed by atoms with E-state index in [-0.39, 0.29) is 0 Å². The van der Waals surface area contributed by atoms with Crippen LogP contribution in [0.1, 0.15) is 10.4 Å². The molecule has 86 valence electrons. The number of carbonyl (C=O) groups excluding carboxylic acids is 1. The van der Waals surface area contributed by atoms with E-state index in [4.69, 9.17) is 27.9 Å². The lowest BCUT2D eigenvalue weighted by atomic mass is 10.2. The van der Waals surface area contributed by atoms with Crippen LogP contribution in [-0.4, -0.2) is 11.3 Å². The van der Waals surface area contributed by atoms with E-state index in [9.17, 15) is 4.79 Å². The monoisotopic (exact) mass is 267 g/mol. The van der Waals surface area contributed by atoms with Gasteiger partial charge < -0.3 is 4.74 Å². The van der Waals surface area contributed by atoms with E-state index in [0.717, 1.165) is 0 Å². The molecule has 2 aromatic rings. The summed E-state index contributed by atoms with van der Waals surface area (Å²) in [6.07, 6.45) is 3.73. The summed E-state index contributed by atoms with van der Waals surface area (Å²) in [6, 6.07) is 6.43. The van der Waals surface area contributed by atoms with Crippen LogP contribution in [0.3, 0.4) is 0 Å². The lowest BCUT2D eigenvalue weighted by Gasteiger charge is -2.06. The highest BCUT2D eigenvalue weighted by atomic mass is 35.5. The molecule has 0 bridgehead atoms. The van der Waals surface area contributed by atoms with Crippen molar-refractivity contribution in [2.24, 2.45) is 0 Å². The topological polar surface area (TPSA) is 39.2 Å². The van der Waals surface area contributed by atoms with Gasteiger partial charge in [-0.1, -0.05) is 23.2 Å². The Bertz CT molecular complexity index is 558. The van der Waals surface area contributed by atoms with Crippen molar-refractivity contribution in [3.05, 3.63) is 52.3 Å². The first-order valence-corrected chi connectivity index (χ1v) is 5.48. The number of halogens is 2. The minimum absolute atomic E-state index is 0.340. The molecule has 17 heavy (non-hydrogen) atoms. The van der Waals surface area contributed by atoms with E-state index in [1.165, 1.54) is 12.4 Å². The van der Waals surface area contributed by atoms with E-state index in [2.05, 4.69) is 4.98 Å². The number of benzene rings is 1. The third kappa shape index (κ3) is 2.96. The summed E-state index contributed by atoms with van der Waals surface area (Å²) in [5.41, 5.74) is 0.420. The second-order valence-electron chi connectivity index (χ2n) is 3.24. The third-order valence-corrected chi connectivity index (χ3v) is 2.55. The van der Waals surface area contributed by atoms with E-state index in [0.29, 0.717) is 33.4 Å². The maximum Gasteiger partial charge on any atom is 0.151 e. The van der Waals surface area contributed by atoms with Crippen LogP contribution in [-0.2, 0) is 0 Å². The first-order chi connectivity index (χ1) is 8.19. The zero-order valence-electron chi connectivity index (χ0n) is 8.56. The molecule has 0 aliphatic heterocycles. The van der Waals surface area contributed by atoms with Crippen LogP contribution < -0.4 is 4.74 Å². The van der Waals surface area contributed by atoms with Gasteiger partial charge in [-0.15, -0.1) is 0 Å². The largest absolute Gasteiger partial charge is 0.456 e. The number of rotatable bonds is 3. The summed E-state index contributed by atoms with van der Waals surface area (Å²) < 4.78 is 5.49. The number of aldehydes is 1. The third-order valence-electron chi connectivity index (χ3n) is 2.01. The van der Waals surface area contributed by atoms with Gasteiger partial charge in [0.25, 0.3) is 0 Å². The van der Waals surface area contributed by atoms with Crippen molar-refractivity contribution in [3.8, 4) is 11.5 Å². The van der Waals surface area contributed by atoms with Crippen molar-refractivity contribution in [3.63, 3.8) is 0 Å². The average molecular weight is 268 g/mol. The fourth-order valence-electron chi connectivity index (χ4n) is 1.25. The molecule has 0 N–H and O–H groups in total. The molecule has 1 aromatic heterocycles. The van der Waals surface area contributed by atoms with Crippen molar-refractivity contribution in [2.45, 2.75) is 0 Å². The standard InChI is InChI=1S/C12H7Cl2NO2/c13-9-3-11(6-15-5-9)17-10-2-1-8(7-16)12(14)4-10/h1-7H. The number of carbonyl (C=O) groups is 1. The van der Waals surface area contributed by atoms with Crippen molar-refractivity contribution >= 4 is 29.5 Å². The molecule has 0 aliphatic carbocycles. The SMILES string of the molecule is O=Cc1ccc(Oc2cncc(Cl)c2)cc1Cl. The van der Waals surface area contributed by atoms with Gasteiger partial charge >= 0.3 is 0 Å². The Morgan fingerprint density at radius 1 is 1.12 bits per heavy atom. The van der Waals surface area contributed by atoms with Crippen LogP contribution in [0.5, 0.6) is 11.5 Å². The van der Waals surface area contributed by atoms with Crippen LogP contribution in [0.15, 0.2) is 36.7 Å². The maximum absolute atomic E-state index is 10.6. The Morgan fingerprint density at radius 3 is 2.59 bits per heavy atom. The van der Waals surface area contributed by atoms with Gasteiger partial charge in [0, 0.05) is 23.9 Å². The van der Waals surface area contributed by atoms with Crippen LogP contribution in [0.4, 0.5) is 0 Å². The molecule has 0 saturated carbocycles. The highest BCUT2D eigenvalue weighted by Crippen LogP contribution is 2.26. The van der Waals surface area contributed by atoms with Crippen LogP contribution >= 0.6 is 23.2 Å². The molecule has 0 unspecified atom stereocenters. The van der Waals surface area contributed by atoms with Crippen molar-refractivity contribution in [1.82, 2.24) is 4.98 Å². The minimum Gasteiger partial charge on any atom is -0.456 e. The molecule has 0 amide bonds. The Labute approximate surface area is 108 Å². The smallest absolute Gasteiger partial charge is 0.151 e. The van der Waals surface area contributed by atoms with Gasteiger partial charge in [0.1, 0.15) is 11.5 Å². The Hall–Kier alpha value is -1.58. The molecular formula is C12H7Cl2NO2. The van der Waals surface area contributed by atoms with Gasteiger partial charge in [0.2, 0.25) is 0 Å². The first kappa shape index (κ1) is 11.9. The van der Waals surface area contributed by atoms with Gasteiger partial charge in [0.15, 0.2) is 6.29 Å². The Kier molecular flexibility index (Phi) is 3.61. The molecule has 0 radical (unpaired) electrons. The molecule has 0 saturated heterocycles. The van der Waals surface area contributed by atoms with E-state index < -0.39 is 0 Å². The molecule has 5 heteroatoms. The van der Waals surface area contributed by atoms with Crippen molar-refractivity contribution < 1.29 is 9.53 Å². The highest BCUT2D eigenvalue weighted by molar-refractivity contribution is 6.33. The summed E-state index contributed by atoms with van der Waals surface area (Å²) >= 11 is 11.6. The zero-order chi connectivity index (χ0) is 12.3. The summed E-state index contributed by atoms with van der Waals surface area (Å²) in [6.45, 7) is 0. The Balaban J connectivity index is 2.24. The Morgan fingerprint density at radius 2 is 1.94 bits per heavy atom. The fraction of sp³-hybridized carbons (Fsp3) is 0. The molecule has 0 fully saturated rings. The van der Waals surface area contributed by atoms with E-state index in [1.54, 1.807) is 24.3 Å². The van der Waals surface area contributed by atoms with Crippen molar-refractivity contribution in [1.29, 1.82) is 0 Å². The molecule has 1 aromatic carbocycles. The van der Waals surface area contributed by atoms with Crippen LogP contribution in [0, 0.1) is 0 Å². The molecule has 1 heterocycles. The summed E-state index contributed by atoms with van der Waals surface area (Å²) in [4.78, 5) is 14.5. The first-order valence-electron chi connectivity index (χ1n) is 4.72. The van der Waals surface area contributed by atoms with Gasteiger partial charge in [-0.3, -0.25) is 9.78 Å². The summed E-state index contributed by atoms with van der Waals surface area (Å²) in [5.74, 6) is 1.03. The molecule has 0 spiro atoms. The highest BCUT2D eigenvalue weighted by Gasteiger charge is 2.03. The molecule has 2 rings (SSSR count). The normalized spacial score (nSPS) is 10.0. The summed E-state index contributed by atoms with van der Waals surface area (Å²) in [7, 11) is 0. The predicted molar refractivity (Wildman–Crippen MR) is 66.2 cm³/mol. The number of aromatic nitrogens is 1. The molecule has 0 aliphatic rings. The van der Waals surface area contributed by atoms with E-state index >= 15 is 0 Å². The van der Waals surface area contributed by atoms with Crippen LogP contribution in [0.25, 0.3) is 0 Å². The summed E-state index contributed by atoms with van der Waals surface area (Å²) in [5, 5.41) is 0.825. The number of ether oxygens (including phenoxy) is 1. The number of pyridine rings is 1. The molecule has 3 nitrogen and oxygen atoms in total. The molecule has 0 atom stereocenters. The van der Waals surface area contributed by atoms with Crippen molar-refractivity contribution in [2.75, 3.05) is 0 Å². The van der Waals surface area contributed by atoms with E-state index in [1.807, 2.05) is 0 Å². The van der Waals surface area contributed by atoms with Gasteiger partial charge in [-0.25, -0.2) is 0 Å². The second-order valence-corrected chi connectivity index (χ2v) is 4.09. The average Bonchev–Trinajstić information content (AvgIpc) is 2.29. The lowest BCUT2D eigenvalue weighted by Crippen LogP contribution is -1.87. The maximum atomic E-state index is 10.6. The quantitative estimate of drug-likeness (QED) is 0.790. The number of hydrogen-bond acceptors (Lipinski definition) is 3. The zero-order valence-corrected chi connectivity index (χ0v) is 10.1. The van der Waals surface area contributed by atoms with Gasteiger partial charge in [-0.05, 0) is 12.1 Å². The fourth-order valence-corrected chi connectivity index (χ4v) is 1.63. The minimum atomic E-state index is 0.340. The van der Waals surface area contributed by atoms with Gasteiger partial charge in [0.05, 0.1) is 16.2 Å². The number of hydrogen-bond donors (Lipinski definition) is 0. The predicted octanol–water partition coefficient (Wildman–Crippen LogP) is 3.99. The van der Waals surface area contributed by atoms with Crippen LogP contribution in [0.2, 0.25) is 10.0 Å². The molecular weight excluding hydrogens is 261 g/mol. The van der Waals surface area contributed by atoms with Gasteiger partial charge in [-0.2, -0.15) is 0 Å². The lowest BCUT2D eigenvalue weighted by molar-refractivity contribution is 0.112. The second kappa shape index (κ2) is 5.17. The number of nitrogens with zero attached hydrogens (tertiary/aromatic N) is 1.